The average Bonchev–Trinajstić information content (AvgIpc) is 2.41. The van der Waals surface area contributed by atoms with E-state index in [0.29, 0.717) is 16.1 Å². The van der Waals surface area contributed by atoms with Gasteiger partial charge in [-0.15, -0.1) is 0 Å². The summed E-state index contributed by atoms with van der Waals surface area (Å²) in [6.07, 6.45) is 0. The third-order valence-corrected chi connectivity index (χ3v) is 3.40. The predicted octanol–water partition coefficient (Wildman–Crippen LogP) is 3.91. The fraction of sp³-hybridized carbons (Fsp3) is 0.125. The molecule has 108 valence electrons. The number of aromatic carboxylic acids is 1. The van der Waals surface area contributed by atoms with E-state index in [2.05, 4.69) is 5.32 Å². The highest BCUT2D eigenvalue weighted by Crippen LogP contribution is 2.25. The molecule has 4 nitrogen and oxygen atoms in total. The Morgan fingerprint density at radius 1 is 1.10 bits per heavy atom. The van der Waals surface area contributed by atoms with Crippen LogP contribution >= 0.6 is 11.6 Å². The molecule has 0 spiro atoms. The number of anilines is 1. The van der Waals surface area contributed by atoms with Gasteiger partial charge in [-0.1, -0.05) is 29.8 Å². The number of hydrogen-bond acceptors (Lipinski definition) is 2. The van der Waals surface area contributed by atoms with Crippen molar-refractivity contribution in [1.82, 2.24) is 0 Å². The zero-order valence-electron chi connectivity index (χ0n) is 11.6. The fourth-order valence-electron chi connectivity index (χ4n) is 2.13. The van der Waals surface area contributed by atoms with Crippen molar-refractivity contribution in [1.29, 1.82) is 0 Å². The number of aryl methyl sites for hydroxylation is 2. The molecule has 0 atom stereocenters. The standard InChI is InChI=1S/C16H14ClNO3/c1-9-7-10(2)14(12(8-9)16(20)21)18-15(19)11-5-3-4-6-13(11)17/h3-8H,1-2H3,(H,18,19)(H,20,21). The number of carbonyl (C=O) groups is 2. The summed E-state index contributed by atoms with van der Waals surface area (Å²) < 4.78 is 0. The molecule has 0 fully saturated rings. The lowest BCUT2D eigenvalue weighted by Crippen LogP contribution is -2.16. The molecular weight excluding hydrogens is 290 g/mol. The van der Waals surface area contributed by atoms with Crippen LogP contribution in [0.15, 0.2) is 36.4 Å². The molecule has 0 radical (unpaired) electrons. The van der Waals surface area contributed by atoms with E-state index >= 15 is 0 Å². The monoisotopic (exact) mass is 303 g/mol. The van der Waals surface area contributed by atoms with Crippen LogP contribution in [0.25, 0.3) is 0 Å². The van der Waals surface area contributed by atoms with Gasteiger partial charge in [-0.25, -0.2) is 4.79 Å². The number of hydrogen-bond donors (Lipinski definition) is 2. The smallest absolute Gasteiger partial charge is 0.337 e. The molecule has 0 saturated carbocycles. The second kappa shape index (κ2) is 5.97. The van der Waals surface area contributed by atoms with Crippen LogP contribution < -0.4 is 5.32 Å². The number of carboxylic acids is 1. The highest BCUT2D eigenvalue weighted by Gasteiger charge is 2.17. The van der Waals surface area contributed by atoms with Crippen molar-refractivity contribution in [2.75, 3.05) is 5.32 Å². The minimum Gasteiger partial charge on any atom is -0.478 e. The zero-order chi connectivity index (χ0) is 15.6. The fourth-order valence-corrected chi connectivity index (χ4v) is 2.35. The first-order chi connectivity index (χ1) is 9.90. The van der Waals surface area contributed by atoms with Crippen LogP contribution in [0.1, 0.15) is 31.8 Å². The molecular formula is C16H14ClNO3. The van der Waals surface area contributed by atoms with Gasteiger partial charge in [0.2, 0.25) is 0 Å². The van der Waals surface area contributed by atoms with E-state index in [1.165, 1.54) is 6.07 Å². The third kappa shape index (κ3) is 3.23. The Bertz CT molecular complexity index is 725. The van der Waals surface area contributed by atoms with Crippen molar-refractivity contribution in [3.8, 4) is 0 Å². The molecule has 5 heteroatoms. The van der Waals surface area contributed by atoms with Gasteiger partial charge in [0, 0.05) is 0 Å². The van der Waals surface area contributed by atoms with Crippen LogP contribution in [-0.4, -0.2) is 17.0 Å². The highest BCUT2D eigenvalue weighted by atomic mass is 35.5. The highest BCUT2D eigenvalue weighted by molar-refractivity contribution is 6.34. The molecule has 21 heavy (non-hydrogen) atoms. The first-order valence-corrected chi connectivity index (χ1v) is 6.68. The number of halogens is 1. The van der Waals surface area contributed by atoms with Gasteiger partial charge >= 0.3 is 5.97 Å². The van der Waals surface area contributed by atoms with Crippen LogP contribution in [0.2, 0.25) is 5.02 Å². The Morgan fingerprint density at radius 3 is 2.38 bits per heavy atom. The summed E-state index contributed by atoms with van der Waals surface area (Å²) >= 11 is 5.98. The Balaban J connectivity index is 2.42. The van der Waals surface area contributed by atoms with Crippen LogP contribution in [-0.2, 0) is 0 Å². The quantitative estimate of drug-likeness (QED) is 0.903. The zero-order valence-corrected chi connectivity index (χ0v) is 12.4. The summed E-state index contributed by atoms with van der Waals surface area (Å²) in [6.45, 7) is 3.56. The molecule has 0 unspecified atom stereocenters. The average molecular weight is 304 g/mol. The number of amides is 1. The third-order valence-electron chi connectivity index (χ3n) is 3.07. The van der Waals surface area contributed by atoms with Crippen LogP contribution in [0.5, 0.6) is 0 Å². The molecule has 1 amide bonds. The maximum atomic E-state index is 12.3. The van der Waals surface area contributed by atoms with Gasteiger partial charge in [0.1, 0.15) is 0 Å². The second-order valence-corrected chi connectivity index (χ2v) is 5.15. The van der Waals surface area contributed by atoms with Gasteiger partial charge < -0.3 is 10.4 Å². The van der Waals surface area contributed by atoms with Crippen molar-refractivity contribution >= 4 is 29.2 Å². The number of carboxylic acid groups (broad SMARTS) is 1. The minimum atomic E-state index is -1.09. The maximum Gasteiger partial charge on any atom is 0.337 e. The summed E-state index contributed by atoms with van der Waals surface area (Å²) in [5.74, 6) is -1.52. The van der Waals surface area contributed by atoms with Gasteiger partial charge in [0.15, 0.2) is 0 Å². The van der Waals surface area contributed by atoms with E-state index in [-0.39, 0.29) is 11.3 Å². The van der Waals surface area contributed by atoms with Crippen molar-refractivity contribution in [3.05, 3.63) is 63.7 Å². The molecule has 2 rings (SSSR count). The van der Waals surface area contributed by atoms with E-state index in [0.717, 1.165) is 5.56 Å². The van der Waals surface area contributed by atoms with E-state index in [1.807, 2.05) is 6.07 Å². The second-order valence-electron chi connectivity index (χ2n) is 4.74. The van der Waals surface area contributed by atoms with E-state index in [9.17, 15) is 14.7 Å². The maximum absolute atomic E-state index is 12.3. The van der Waals surface area contributed by atoms with Gasteiger partial charge in [0.05, 0.1) is 21.8 Å². The number of nitrogens with one attached hydrogen (secondary N) is 1. The number of carbonyl (C=O) groups excluding carboxylic acids is 1. The molecule has 0 aromatic heterocycles. The minimum absolute atomic E-state index is 0.0629. The topological polar surface area (TPSA) is 66.4 Å². The summed E-state index contributed by atoms with van der Waals surface area (Å²) in [7, 11) is 0. The van der Waals surface area contributed by atoms with Crippen LogP contribution in [0, 0.1) is 13.8 Å². The normalized spacial score (nSPS) is 10.2. The molecule has 0 aliphatic heterocycles. The van der Waals surface area contributed by atoms with Gasteiger partial charge in [-0.3, -0.25) is 4.79 Å². The first kappa shape index (κ1) is 15.1. The Morgan fingerprint density at radius 2 is 1.76 bits per heavy atom. The largest absolute Gasteiger partial charge is 0.478 e. The Kier molecular flexibility index (Phi) is 4.29. The van der Waals surface area contributed by atoms with Crippen LogP contribution in [0.4, 0.5) is 5.69 Å². The molecule has 0 bridgehead atoms. The molecule has 0 aliphatic carbocycles. The predicted molar refractivity (Wildman–Crippen MR) is 82.3 cm³/mol. The molecule has 0 heterocycles. The lowest BCUT2D eigenvalue weighted by atomic mass is 10.0. The van der Waals surface area contributed by atoms with Crippen molar-refractivity contribution in [2.24, 2.45) is 0 Å². The van der Waals surface area contributed by atoms with Gasteiger partial charge in [-0.05, 0) is 43.2 Å². The van der Waals surface area contributed by atoms with Crippen LogP contribution in [0.3, 0.4) is 0 Å². The summed E-state index contributed by atoms with van der Waals surface area (Å²) in [5.41, 5.74) is 2.16. The summed E-state index contributed by atoms with van der Waals surface area (Å²) in [5, 5.41) is 12.2. The summed E-state index contributed by atoms with van der Waals surface area (Å²) in [4.78, 5) is 23.6. The SMILES string of the molecule is Cc1cc(C)c(NC(=O)c2ccccc2Cl)c(C(=O)O)c1. The molecule has 0 aliphatic rings. The van der Waals surface area contributed by atoms with Crippen molar-refractivity contribution in [2.45, 2.75) is 13.8 Å². The van der Waals surface area contributed by atoms with Crippen molar-refractivity contribution in [3.63, 3.8) is 0 Å². The molecule has 2 aromatic rings. The van der Waals surface area contributed by atoms with E-state index in [4.69, 9.17) is 11.6 Å². The van der Waals surface area contributed by atoms with E-state index in [1.54, 1.807) is 38.1 Å². The first-order valence-electron chi connectivity index (χ1n) is 6.30. The number of rotatable bonds is 3. The molecule has 2 aromatic carbocycles. The Hall–Kier alpha value is -2.33. The molecule has 2 N–H and O–H groups in total. The molecule has 0 saturated heterocycles. The van der Waals surface area contributed by atoms with Gasteiger partial charge in [0.25, 0.3) is 5.91 Å². The summed E-state index contributed by atoms with van der Waals surface area (Å²) in [6, 6.07) is 9.95. The van der Waals surface area contributed by atoms with E-state index < -0.39 is 11.9 Å². The lowest BCUT2D eigenvalue weighted by Gasteiger charge is -2.13. The van der Waals surface area contributed by atoms with Crippen molar-refractivity contribution < 1.29 is 14.7 Å². The Labute approximate surface area is 127 Å². The lowest BCUT2D eigenvalue weighted by molar-refractivity contribution is 0.0698. The number of benzene rings is 2. The van der Waals surface area contributed by atoms with Gasteiger partial charge in [-0.2, -0.15) is 0 Å².